The average Bonchev–Trinajstić information content (AvgIpc) is 2.47. The van der Waals surface area contributed by atoms with Crippen LogP contribution in [-0.4, -0.2) is 18.0 Å². The third kappa shape index (κ3) is 2.50. The highest BCUT2D eigenvalue weighted by atomic mass is 16.1. The highest BCUT2D eigenvalue weighted by molar-refractivity contribution is 5.95. The quantitative estimate of drug-likeness (QED) is 0.800. The molecule has 0 saturated heterocycles. The molecule has 0 unspecified atom stereocenters. The molecule has 4 saturated carbocycles. The molecule has 0 atom stereocenters. The predicted octanol–water partition coefficient (Wildman–Crippen LogP) is 2.96. The number of benzene rings is 1. The molecule has 4 nitrogen and oxygen atoms in total. The third-order valence-electron chi connectivity index (χ3n) is 5.82. The summed E-state index contributed by atoms with van der Waals surface area (Å²) in [5, 5.41) is 6.75. The molecule has 5 rings (SSSR count). The van der Waals surface area contributed by atoms with Crippen molar-refractivity contribution in [2.75, 3.05) is 17.2 Å². The zero-order valence-corrected chi connectivity index (χ0v) is 13.0. The van der Waals surface area contributed by atoms with Gasteiger partial charge in [-0.05, 0) is 68.4 Å². The Bertz CT molecular complexity index is 548. The number of anilines is 2. The van der Waals surface area contributed by atoms with Gasteiger partial charge in [0.15, 0.2) is 0 Å². The first-order valence-electron chi connectivity index (χ1n) is 8.53. The average molecular weight is 299 g/mol. The van der Waals surface area contributed by atoms with E-state index in [1.54, 1.807) is 0 Å². The van der Waals surface area contributed by atoms with Crippen molar-refractivity contribution in [2.24, 2.45) is 23.5 Å². The molecule has 4 heteroatoms. The van der Waals surface area contributed by atoms with Gasteiger partial charge in [-0.3, -0.25) is 4.79 Å². The Morgan fingerprint density at radius 3 is 2.14 bits per heavy atom. The summed E-state index contributed by atoms with van der Waals surface area (Å²) in [7, 11) is 0. The lowest BCUT2D eigenvalue weighted by Crippen LogP contribution is -2.54. The minimum atomic E-state index is -0.139. The molecule has 1 aromatic rings. The van der Waals surface area contributed by atoms with Gasteiger partial charge in [0, 0.05) is 5.54 Å². The Hall–Kier alpha value is -1.55. The molecule has 4 aliphatic rings. The smallest absolute Gasteiger partial charge is 0.238 e. The van der Waals surface area contributed by atoms with Gasteiger partial charge in [0.2, 0.25) is 5.91 Å². The van der Waals surface area contributed by atoms with E-state index >= 15 is 0 Å². The van der Waals surface area contributed by atoms with Crippen LogP contribution in [0.3, 0.4) is 0 Å². The fraction of sp³-hybridized carbons (Fsp3) is 0.611. The highest BCUT2D eigenvalue weighted by Crippen LogP contribution is 2.56. The van der Waals surface area contributed by atoms with Crippen LogP contribution in [0.2, 0.25) is 0 Å². The summed E-state index contributed by atoms with van der Waals surface area (Å²) in [4.78, 5) is 11.6. The zero-order chi connectivity index (χ0) is 15.2. The van der Waals surface area contributed by atoms with Crippen LogP contribution in [0, 0.1) is 17.8 Å². The van der Waals surface area contributed by atoms with E-state index in [0.29, 0.717) is 0 Å². The first kappa shape index (κ1) is 14.1. The molecule has 0 heterocycles. The topological polar surface area (TPSA) is 67.2 Å². The van der Waals surface area contributed by atoms with Crippen molar-refractivity contribution < 1.29 is 4.79 Å². The number of amides is 1. The molecular weight excluding hydrogens is 274 g/mol. The normalized spacial score (nSPS) is 35.4. The van der Waals surface area contributed by atoms with Gasteiger partial charge in [-0.1, -0.05) is 12.1 Å². The molecule has 4 fully saturated rings. The molecule has 22 heavy (non-hydrogen) atoms. The number of carbonyl (C=O) groups is 1. The minimum Gasteiger partial charge on any atom is -0.378 e. The van der Waals surface area contributed by atoms with E-state index in [1.807, 2.05) is 18.2 Å². The Labute approximate surface area is 131 Å². The fourth-order valence-corrected chi connectivity index (χ4v) is 5.45. The minimum absolute atomic E-state index is 0.0195. The molecule has 4 N–H and O–H groups in total. The SMILES string of the molecule is NCC(=O)Nc1ccccc1NC12CC3CC(CC(C3)C1)C2. The van der Waals surface area contributed by atoms with Gasteiger partial charge in [-0.2, -0.15) is 0 Å². The number of para-hydroxylation sites is 2. The van der Waals surface area contributed by atoms with Gasteiger partial charge in [0.1, 0.15) is 0 Å². The lowest BCUT2D eigenvalue weighted by atomic mass is 9.53. The molecule has 0 spiro atoms. The summed E-state index contributed by atoms with van der Waals surface area (Å²) >= 11 is 0. The molecule has 1 aromatic carbocycles. The summed E-state index contributed by atoms with van der Waals surface area (Å²) in [6, 6.07) is 8.01. The summed E-state index contributed by atoms with van der Waals surface area (Å²) in [6.45, 7) is 0.0195. The van der Waals surface area contributed by atoms with E-state index < -0.39 is 0 Å². The number of nitrogens with one attached hydrogen (secondary N) is 2. The van der Waals surface area contributed by atoms with Crippen LogP contribution in [0.15, 0.2) is 24.3 Å². The van der Waals surface area contributed by atoms with Crippen LogP contribution in [-0.2, 0) is 4.79 Å². The van der Waals surface area contributed by atoms with Crippen LogP contribution in [0.4, 0.5) is 11.4 Å². The molecular formula is C18H25N3O. The van der Waals surface area contributed by atoms with Crippen LogP contribution < -0.4 is 16.4 Å². The second-order valence-corrected chi connectivity index (χ2v) is 7.62. The van der Waals surface area contributed by atoms with Gasteiger partial charge < -0.3 is 16.4 Å². The van der Waals surface area contributed by atoms with Gasteiger partial charge in [0.05, 0.1) is 17.9 Å². The van der Waals surface area contributed by atoms with Gasteiger partial charge in [-0.25, -0.2) is 0 Å². The molecule has 0 aliphatic heterocycles. The molecule has 4 bridgehead atoms. The maximum atomic E-state index is 11.6. The first-order valence-corrected chi connectivity index (χ1v) is 8.53. The van der Waals surface area contributed by atoms with Crippen LogP contribution in [0.25, 0.3) is 0 Å². The summed E-state index contributed by atoms with van der Waals surface area (Å²) in [5.41, 5.74) is 7.58. The lowest BCUT2D eigenvalue weighted by Gasteiger charge is -2.57. The van der Waals surface area contributed by atoms with Crippen LogP contribution in [0.5, 0.6) is 0 Å². The van der Waals surface area contributed by atoms with Crippen molar-refractivity contribution >= 4 is 17.3 Å². The van der Waals surface area contributed by atoms with E-state index in [0.717, 1.165) is 29.1 Å². The highest BCUT2D eigenvalue weighted by Gasteiger charge is 2.51. The van der Waals surface area contributed by atoms with Crippen LogP contribution in [0.1, 0.15) is 38.5 Å². The number of carbonyl (C=O) groups excluding carboxylic acids is 1. The number of hydrogen-bond acceptors (Lipinski definition) is 3. The Morgan fingerprint density at radius 2 is 1.59 bits per heavy atom. The van der Waals surface area contributed by atoms with Crippen molar-refractivity contribution in [3.63, 3.8) is 0 Å². The van der Waals surface area contributed by atoms with Crippen LogP contribution >= 0.6 is 0 Å². The monoisotopic (exact) mass is 299 g/mol. The summed E-state index contributed by atoms with van der Waals surface area (Å²) in [5.74, 6) is 2.58. The predicted molar refractivity (Wildman–Crippen MR) is 88.7 cm³/mol. The molecule has 1 amide bonds. The Balaban J connectivity index is 1.57. The maximum absolute atomic E-state index is 11.6. The number of nitrogens with two attached hydrogens (primary N) is 1. The van der Waals surface area contributed by atoms with Gasteiger partial charge in [0.25, 0.3) is 0 Å². The fourth-order valence-electron chi connectivity index (χ4n) is 5.45. The lowest BCUT2D eigenvalue weighted by molar-refractivity contribution is -0.114. The zero-order valence-electron chi connectivity index (χ0n) is 13.0. The standard InChI is InChI=1S/C18H25N3O/c19-11-17(22)20-15-3-1-2-4-16(15)21-18-8-12-5-13(9-18)7-14(6-12)10-18/h1-4,12-14,21H,5-11,19H2,(H,20,22). The second-order valence-electron chi connectivity index (χ2n) is 7.62. The van der Waals surface area contributed by atoms with E-state index in [1.165, 1.54) is 38.5 Å². The maximum Gasteiger partial charge on any atom is 0.238 e. The van der Waals surface area contributed by atoms with E-state index in [4.69, 9.17) is 5.73 Å². The molecule has 118 valence electrons. The Kier molecular flexibility index (Phi) is 3.37. The van der Waals surface area contributed by atoms with E-state index in [-0.39, 0.29) is 18.0 Å². The Morgan fingerprint density at radius 1 is 1.05 bits per heavy atom. The third-order valence-corrected chi connectivity index (χ3v) is 5.82. The number of rotatable bonds is 4. The molecule has 0 aromatic heterocycles. The van der Waals surface area contributed by atoms with Gasteiger partial charge >= 0.3 is 0 Å². The van der Waals surface area contributed by atoms with Crippen molar-refractivity contribution in [3.8, 4) is 0 Å². The van der Waals surface area contributed by atoms with Gasteiger partial charge in [-0.15, -0.1) is 0 Å². The van der Waals surface area contributed by atoms with Crippen molar-refractivity contribution in [1.29, 1.82) is 0 Å². The molecule has 4 aliphatic carbocycles. The molecule has 0 radical (unpaired) electrons. The summed E-state index contributed by atoms with van der Waals surface area (Å²) in [6.07, 6.45) is 8.18. The number of hydrogen-bond donors (Lipinski definition) is 3. The second kappa shape index (κ2) is 5.27. The largest absolute Gasteiger partial charge is 0.378 e. The van der Waals surface area contributed by atoms with E-state index in [9.17, 15) is 4.79 Å². The first-order chi connectivity index (χ1) is 10.7. The summed E-state index contributed by atoms with van der Waals surface area (Å²) < 4.78 is 0. The van der Waals surface area contributed by atoms with Crippen molar-refractivity contribution in [1.82, 2.24) is 0 Å². The van der Waals surface area contributed by atoms with Crippen molar-refractivity contribution in [3.05, 3.63) is 24.3 Å². The van der Waals surface area contributed by atoms with Crippen molar-refractivity contribution in [2.45, 2.75) is 44.1 Å². The van der Waals surface area contributed by atoms with E-state index in [2.05, 4.69) is 16.7 Å².